The maximum absolute atomic E-state index is 12.4. The smallest absolute Gasteiger partial charge is 0.271 e. The lowest BCUT2D eigenvalue weighted by Gasteiger charge is -2.09. The highest BCUT2D eigenvalue weighted by Crippen LogP contribution is 2.20. The van der Waals surface area contributed by atoms with E-state index in [1.165, 1.54) is 42.6 Å². The second kappa shape index (κ2) is 9.30. The number of hydrogen-bond acceptors (Lipinski definition) is 4. The number of hydrogen-bond donors (Lipinski definition) is 2. The number of sulfonamides is 1. The first-order valence-corrected chi connectivity index (χ1v) is 11.0. The zero-order valence-corrected chi connectivity index (χ0v) is 18.1. The van der Waals surface area contributed by atoms with Gasteiger partial charge in [-0.1, -0.05) is 47.0 Å². The van der Waals surface area contributed by atoms with Crippen LogP contribution in [0.1, 0.15) is 21.5 Å². The standard InChI is InChI=1S/C21H17Cl2N3O3S/c1-14-2-10-19(11-3-14)30(28,29)26-18-8-5-15(6-9-18)21(27)25-24-13-16-4-7-17(22)12-20(16)23/h2-13,26H,1H3,(H,25,27). The molecular weight excluding hydrogens is 445 g/mol. The lowest BCUT2D eigenvalue weighted by atomic mass is 10.2. The van der Waals surface area contributed by atoms with Crippen LogP contribution in [0.4, 0.5) is 5.69 Å². The molecule has 0 fully saturated rings. The third-order valence-corrected chi connectivity index (χ3v) is 6.02. The molecule has 9 heteroatoms. The summed E-state index contributed by atoms with van der Waals surface area (Å²) in [4.78, 5) is 12.4. The second-order valence-electron chi connectivity index (χ2n) is 6.36. The Bertz CT molecular complexity index is 1190. The van der Waals surface area contributed by atoms with Crippen LogP contribution < -0.4 is 10.1 Å². The Balaban J connectivity index is 1.64. The molecule has 3 aromatic carbocycles. The topological polar surface area (TPSA) is 87.6 Å². The minimum Gasteiger partial charge on any atom is -0.280 e. The van der Waals surface area contributed by atoms with E-state index in [9.17, 15) is 13.2 Å². The monoisotopic (exact) mass is 461 g/mol. The molecule has 0 atom stereocenters. The highest BCUT2D eigenvalue weighted by atomic mass is 35.5. The molecule has 0 aliphatic rings. The number of nitrogens with one attached hydrogen (secondary N) is 2. The van der Waals surface area contributed by atoms with Gasteiger partial charge in [-0.3, -0.25) is 9.52 Å². The molecule has 154 valence electrons. The molecule has 0 bridgehead atoms. The Morgan fingerprint density at radius 1 is 0.967 bits per heavy atom. The lowest BCUT2D eigenvalue weighted by molar-refractivity contribution is 0.0955. The van der Waals surface area contributed by atoms with Crippen molar-refractivity contribution in [2.75, 3.05) is 4.72 Å². The summed E-state index contributed by atoms with van der Waals surface area (Å²) in [6.45, 7) is 1.88. The molecule has 0 saturated heterocycles. The van der Waals surface area contributed by atoms with Crippen LogP contribution in [0.5, 0.6) is 0 Å². The summed E-state index contributed by atoms with van der Waals surface area (Å²) < 4.78 is 27.3. The number of rotatable bonds is 6. The minimum absolute atomic E-state index is 0.158. The van der Waals surface area contributed by atoms with Crippen molar-refractivity contribution in [3.63, 3.8) is 0 Å². The van der Waals surface area contributed by atoms with Crippen LogP contribution in [0.3, 0.4) is 0 Å². The second-order valence-corrected chi connectivity index (χ2v) is 8.89. The molecule has 0 saturated carbocycles. The Hall–Kier alpha value is -2.87. The first-order chi connectivity index (χ1) is 14.2. The van der Waals surface area contributed by atoms with Crippen LogP contribution in [0.2, 0.25) is 10.0 Å². The number of carbonyl (C=O) groups is 1. The maximum atomic E-state index is 12.4. The van der Waals surface area contributed by atoms with Gasteiger partial charge in [0.25, 0.3) is 15.9 Å². The van der Waals surface area contributed by atoms with Crippen molar-refractivity contribution in [1.82, 2.24) is 5.43 Å². The van der Waals surface area contributed by atoms with Gasteiger partial charge in [0.2, 0.25) is 0 Å². The van der Waals surface area contributed by atoms with Gasteiger partial charge in [-0.25, -0.2) is 13.8 Å². The van der Waals surface area contributed by atoms with Gasteiger partial charge in [0.05, 0.1) is 16.1 Å². The predicted molar refractivity (Wildman–Crippen MR) is 120 cm³/mol. The molecule has 1 amide bonds. The van der Waals surface area contributed by atoms with Crippen LogP contribution in [-0.4, -0.2) is 20.5 Å². The van der Waals surface area contributed by atoms with Gasteiger partial charge in [-0.15, -0.1) is 0 Å². The summed E-state index contributed by atoms with van der Waals surface area (Å²) >= 11 is 11.9. The number of hydrazone groups is 1. The average molecular weight is 462 g/mol. The summed E-state index contributed by atoms with van der Waals surface area (Å²) in [7, 11) is -3.71. The van der Waals surface area contributed by atoms with Crippen molar-refractivity contribution >= 4 is 51.0 Å². The number of anilines is 1. The van der Waals surface area contributed by atoms with E-state index in [0.29, 0.717) is 26.9 Å². The van der Waals surface area contributed by atoms with Gasteiger partial charge in [0, 0.05) is 21.8 Å². The molecule has 0 aliphatic heterocycles. The van der Waals surface area contributed by atoms with Gasteiger partial charge < -0.3 is 0 Å². The number of amides is 1. The summed E-state index contributed by atoms with van der Waals surface area (Å²) in [5.41, 5.74) is 4.60. The molecule has 3 aromatic rings. The van der Waals surface area contributed by atoms with E-state index in [4.69, 9.17) is 23.2 Å². The van der Waals surface area contributed by atoms with Crippen LogP contribution in [0.25, 0.3) is 0 Å². The lowest BCUT2D eigenvalue weighted by Crippen LogP contribution is -2.18. The van der Waals surface area contributed by atoms with E-state index in [-0.39, 0.29) is 4.90 Å². The van der Waals surface area contributed by atoms with Crippen molar-refractivity contribution in [3.8, 4) is 0 Å². The number of halogens is 2. The van der Waals surface area contributed by atoms with Gasteiger partial charge in [-0.2, -0.15) is 5.10 Å². The third-order valence-electron chi connectivity index (χ3n) is 4.06. The van der Waals surface area contributed by atoms with Crippen LogP contribution >= 0.6 is 23.2 Å². The summed E-state index contributed by atoms with van der Waals surface area (Å²) in [5.74, 6) is -0.454. The maximum Gasteiger partial charge on any atom is 0.271 e. The molecule has 0 unspecified atom stereocenters. The van der Waals surface area contributed by atoms with Crippen LogP contribution in [0.15, 0.2) is 76.7 Å². The van der Waals surface area contributed by atoms with E-state index in [2.05, 4.69) is 15.2 Å². The normalized spacial score (nSPS) is 11.4. The van der Waals surface area contributed by atoms with E-state index < -0.39 is 15.9 Å². The van der Waals surface area contributed by atoms with Crippen molar-refractivity contribution in [3.05, 3.63) is 93.5 Å². The van der Waals surface area contributed by atoms with Gasteiger partial charge >= 0.3 is 0 Å². The molecule has 0 heterocycles. The first-order valence-electron chi connectivity index (χ1n) is 8.72. The zero-order valence-electron chi connectivity index (χ0n) is 15.8. The molecule has 6 nitrogen and oxygen atoms in total. The highest BCUT2D eigenvalue weighted by molar-refractivity contribution is 7.92. The fourth-order valence-electron chi connectivity index (χ4n) is 2.45. The molecule has 0 aromatic heterocycles. The molecule has 30 heavy (non-hydrogen) atoms. The molecule has 3 rings (SSSR count). The number of benzene rings is 3. The summed E-state index contributed by atoms with van der Waals surface area (Å²) in [6, 6.07) is 17.4. The molecule has 0 spiro atoms. The quantitative estimate of drug-likeness (QED) is 0.405. The Labute approximate surface area is 184 Å². The predicted octanol–water partition coefficient (Wildman–Crippen LogP) is 4.87. The molecule has 2 N–H and O–H groups in total. The average Bonchev–Trinajstić information content (AvgIpc) is 2.70. The van der Waals surface area contributed by atoms with Crippen molar-refractivity contribution in [2.45, 2.75) is 11.8 Å². The SMILES string of the molecule is Cc1ccc(S(=O)(=O)Nc2ccc(C(=O)NN=Cc3ccc(Cl)cc3Cl)cc2)cc1. The molecule has 0 radical (unpaired) electrons. The zero-order chi connectivity index (χ0) is 21.7. The van der Waals surface area contributed by atoms with Crippen molar-refractivity contribution < 1.29 is 13.2 Å². The number of nitrogens with zero attached hydrogens (tertiary/aromatic N) is 1. The van der Waals surface area contributed by atoms with E-state index in [1.54, 1.807) is 30.3 Å². The third kappa shape index (κ3) is 5.60. The molecule has 0 aliphatic carbocycles. The first kappa shape index (κ1) is 21.8. The van der Waals surface area contributed by atoms with Gasteiger partial charge in [0.15, 0.2) is 0 Å². The van der Waals surface area contributed by atoms with E-state index in [1.807, 2.05) is 6.92 Å². The summed E-state index contributed by atoms with van der Waals surface area (Å²) in [6.07, 6.45) is 1.40. The van der Waals surface area contributed by atoms with E-state index in [0.717, 1.165) is 5.56 Å². The fraction of sp³-hybridized carbons (Fsp3) is 0.0476. The minimum atomic E-state index is -3.71. The summed E-state index contributed by atoms with van der Waals surface area (Å²) in [5, 5.41) is 4.78. The largest absolute Gasteiger partial charge is 0.280 e. The number of aryl methyl sites for hydroxylation is 1. The van der Waals surface area contributed by atoms with Crippen LogP contribution in [-0.2, 0) is 10.0 Å². The van der Waals surface area contributed by atoms with Gasteiger partial charge in [0.1, 0.15) is 0 Å². The Morgan fingerprint density at radius 3 is 2.27 bits per heavy atom. The van der Waals surface area contributed by atoms with E-state index >= 15 is 0 Å². The van der Waals surface area contributed by atoms with Crippen LogP contribution in [0, 0.1) is 6.92 Å². The Morgan fingerprint density at radius 2 is 1.63 bits per heavy atom. The molecular formula is C21H17Cl2N3O3S. The number of carbonyl (C=O) groups excluding carboxylic acids is 1. The Kier molecular flexibility index (Phi) is 6.77. The fourth-order valence-corrected chi connectivity index (χ4v) is 3.97. The van der Waals surface area contributed by atoms with Crippen molar-refractivity contribution in [1.29, 1.82) is 0 Å². The van der Waals surface area contributed by atoms with Gasteiger partial charge in [-0.05, 0) is 55.5 Å². The highest BCUT2D eigenvalue weighted by Gasteiger charge is 2.14. The van der Waals surface area contributed by atoms with Crippen molar-refractivity contribution in [2.24, 2.45) is 5.10 Å².